The van der Waals surface area contributed by atoms with E-state index in [2.05, 4.69) is 27.5 Å². The summed E-state index contributed by atoms with van der Waals surface area (Å²) in [5, 5.41) is 5.68. The summed E-state index contributed by atoms with van der Waals surface area (Å²) in [5.74, 6) is 5.70. The van der Waals surface area contributed by atoms with E-state index >= 15 is 0 Å². The molecule has 0 aliphatic heterocycles. The summed E-state index contributed by atoms with van der Waals surface area (Å²) in [6, 6.07) is 8.88. The fourth-order valence-corrected chi connectivity index (χ4v) is 3.59. The molecular weight excluding hydrogens is 493 g/mol. The van der Waals surface area contributed by atoms with Gasteiger partial charge >= 0.3 is 6.18 Å². The molecule has 1 heterocycles. The maximum Gasteiger partial charge on any atom is 0.418 e. The van der Waals surface area contributed by atoms with Gasteiger partial charge in [0.2, 0.25) is 0 Å². The lowest BCUT2D eigenvalue weighted by molar-refractivity contribution is -0.137. The maximum atomic E-state index is 13.8. The highest BCUT2D eigenvalue weighted by atomic mass is 19.4. The van der Waals surface area contributed by atoms with Gasteiger partial charge in [-0.15, -0.1) is 0 Å². The van der Waals surface area contributed by atoms with Crippen molar-refractivity contribution in [2.45, 2.75) is 38.9 Å². The number of aromatic nitrogens is 2. The Labute approximate surface area is 218 Å². The van der Waals surface area contributed by atoms with Crippen LogP contribution in [0, 0.1) is 25.7 Å². The molecule has 1 aromatic heterocycles. The van der Waals surface area contributed by atoms with Crippen LogP contribution in [0.2, 0.25) is 0 Å². The van der Waals surface area contributed by atoms with E-state index in [-0.39, 0.29) is 22.6 Å². The van der Waals surface area contributed by atoms with Gasteiger partial charge in [0.15, 0.2) is 0 Å². The number of carbonyl (C=O) groups excluding carboxylic acids is 1. The Morgan fingerprint density at radius 2 is 1.89 bits per heavy atom. The molecule has 1 aliphatic rings. The van der Waals surface area contributed by atoms with Crippen LogP contribution in [-0.2, 0) is 6.18 Å². The summed E-state index contributed by atoms with van der Waals surface area (Å²) in [7, 11) is 0. The SMILES string of the molecule is Cc1cn(-c2ccc(NC(=O)c3ccc(C)c(C#C/C(N)=C/C=C(\N)NC4CC4)c3)cc2C(F)(F)F)cn1. The van der Waals surface area contributed by atoms with Crippen LogP contribution in [0.5, 0.6) is 0 Å². The van der Waals surface area contributed by atoms with E-state index in [1.165, 1.54) is 29.2 Å². The molecule has 0 unspecified atom stereocenters. The zero-order valence-corrected chi connectivity index (χ0v) is 20.9. The molecule has 1 aliphatic carbocycles. The average Bonchev–Trinajstić information content (AvgIpc) is 3.57. The molecular formula is C28H27F3N6O. The van der Waals surface area contributed by atoms with Crippen molar-refractivity contribution in [1.29, 1.82) is 0 Å². The molecule has 0 atom stereocenters. The summed E-state index contributed by atoms with van der Waals surface area (Å²) in [5.41, 5.74) is 13.3. The molecule has 0 radical (unpaired) electrons. The van der Waals surface area contributed by atoms with Gasteiger partial charge in [-0.3, -0.25) is 4.79 Å². The lowest BCUT2D eigenvalue weighted by Crippen LogP contribution is -2.21. The number of carbonyl (C=O) groups is 1. The van der Waals surface area contributed by atoms with Crippen molar-refractivity contribution >= 4 is 11.6 Å². The first kappa shape index (κ1) is 26.4. The second-order valence-corrected chi connectivity index (χ2v) is 9.05. The van der Waals surface area contributed by atoms with Crippen molar-refractivity contribution in [1.82, 2.24) is 14.9 Å². The number of nitrogens with two attached hydrogens (primary N) is 2. The van der Waals surface area contributed by atoms with E-state index in [1.807, 2.05) is 6.92 Å². The van der Waals surface area contributed by atoms with Crippen LogP contribution in [0.15, 0.2) is 72.6 Å². The Bertz CT molecular complexity index is 1490. The topological polar surface area (TPSA) is 111 Å². The Morgan fingerprint density at radius 1 is 1.13 bits per heavy atom. The lowest BCUT2D eigenvalue weighted by Gasteiger charge is -2.15. The number of amides is 1. The number of hydrogen-bond donors (Lipinski definition) is 4. The summed E-state index contributed by atoms with van der Waals surface area (Å²) in [6.07, 6.45) is 3.60. The number of allylic oxidation sites excluding steroid dienone is 3. The van der Waals surface area contributed by atoms with E-state index in [9.17, 15) is 18.0 Å². The van der Waals surface area contributed by atoms with Gasteiger partial charge in [-0.05, 0) is 80.7 Å². The molecule has 0 spiro atoms. The first-order valence-electron chi connectivity index (χ1n) is 11.9. The predicted octanol–water partition coefficient (Wildman–Crippen LogP) is 4.51. The highest BCUT2D eigenvalue weighted by Gasteiger charge is 2.34. The van der Waals surface area contributed by atoms with Crippen molar-refractivity contribution in [3.05, 3.63) is 101 Å². The van der Waals surface area contributed by atoms with Gasteiger partial charge in [0.1, 0.15) is 0 Å². The molecule has 2 aromatic carbocycles. The number of hydrogen-bond acceptors (Lipinski definition) is 5. The average molecular weight is 521 g/mol. The minimum atomic E-state index is -4.64. The number of aryl methyl sites for hydroxylation is 2. The number of nitrogens with zero attached hydrogens (tertiary/aromatic N) is 2. The zero-order valence-electron chi connectivity index (χ0n) is 20.9. The third-order valence-corrected chi connectivity index (χ3v) is 5.78. The van der Waals surface area contributed by atoms with E-state index in [0.29, 0.717) is 23.1 Å². The van der Waals surface area contributed by atoms with E-state index in [1.54, 1.807) is 37.3 Å². The van der Waals surface area contributed by atoms with Crippen LogP contribution in [0.25, 0.3) is 5.69 Å². The molecule has 7 nitrogen and oxygen atoms in total. The van der Waals surface area contributed by atoms with Gasteiger partial charge in [-0.1, -0.05) is 12.0 Å². The zero-order chi connectivity index (χ0) is 27.4. The fourth-order valence-electron chi connectivity index (χ4n) is 3.59. The highest BCUT2D eigenvalue weighted by Crippen LogP contribution is 2.36. The first-order chi connectivity index (χ1) is 18.0. The fraction of sp³-hybridized carbons (Fsp3) is 0.214. The number of anilines is 1. The molecule has 4 rings (SSSR count). The lowest BCUT2D eigenvalue weighted by atomic mass is 10.0. The molecule has 196 valence electrons. The van der Waals surface area contributed by atoms with Crippen LogP contribution in [-0.4, -0.2) is 21.5 Å². The quantitative estimate of drug-likeness (QED) is 0.282. The van der Waals surface area contributed by atoms with Crippen LogP contribution in [0.3, 0.4) is 0 Å². The van der Waals surface area contributed by atoms with Crippen molar-refractivity contribution in [2.24, 2.45) is 11.5 Å². The third-order valence-electron chi connectivity index (χ3n) is 5.78. The molecule has 0 saturated heterocycles. The number of benzene rings is 2. The molecule has 1 fully saturated rings. The smallest absolute Gasteiger partial charge is 0.392 e. The summed E-state index contributed by atoms with van der Waals surface area (Å²) in [4.78, 5) is 16.9. The Morgan fingerprint density at radius 3 is 2.55 bits per heavy atom. The van der Waals surface area contributed by atoms with Gasteiger partial charge in [0, 0.05) is 29.1 Å². The predicted molar refractivity (Wildman–Crippen MR) is 140 cm³/mol. The number of rotatable bonds is 6. The number of nitrogens with one attached hydrogen (secondary N) is 2. The molecule has 1 saturated carbocycles. The van der Waals surface area contributed by atoms with Crippen LogP contribution >= 0.6 is 0 Å². The largest absolute Gasteiger partial charge is 0.418 e. The monoisotopic (exact) mass is 520 g/mol. The molecule has 10 heteroatoms. The second kappa shape index (κ2) is 10.8. The minimum absolute atomic E-state index is 0.00693. The normalized spacial score (nSPS) is 14.0. The number of alkyl halides is 3. The second-order valence-electron chi connectivity index (χ2n) is 9.05. The summed E-state index contributed by atoms with van der Waals surface area (Å²) in [6.45, 7) is 3.51. The van der Waals surface area contributed by atoms with Crippen LogP contribution in [0.1, 0.15) is 45.6 Å². The van der Waals surface area contributed by atoms with Crippen molar-refractivity contribution in [3.63, 3.8) is 0 Å². The van der Waals surface area contributed by atoms with Crippen molar-refractivity contribution in [3.8, 4) is 17.5 Å². The number of imidazole rings is 1. The van der Waals surface area contributed by atoms with Gasteiger partial charge in [0.05, 0.1) is 34.8 Å². The molecule has 0 bridgehead atoms. The van der Waals surface area contributed by atoms with Gasteiger partial charge in [0.25, 0.3) is 5.91 Å². The van der Waals surface area contributed by atoms with E-state index in [4.69, 9.17) is 11.5 Å². The van der Waals surface area contributed by atoms with Gasteiger partial charge < -0.3 is 26.7 Å². The van der Waals surface area contributed by atoms with E-state index in [0.717, 1.165) is 24.5 Å². The Balaban J connectivity index is 1.53. The van der Waals surface area contributed by atoms with Crippen LogP contribution in [0.4, 0.5) is 18.9 Å². The summed E-state index contributed by atoms with van der Waals surface area (Å²) >= 11 is 0. The third kappa shape index (κ3) is 6.76. The van der Waals surface area contributed by atoms with Crippen molar-refractivity contribution < 1.29 is 18.0 Å². The highest BCUT2D eigenvalue weighted by molar-refractivity contribution is 6.04. The maximum absolute atomic E-state index is 13.8. The number of halogens is 3. The van der Waals surface area contributed by atoms with Crippen molar-refractivity contribution in [2.75, 3.05) is 5.32 Å². The van der Waals surface area contributed by atoms with Gasteiger partial charge in [-0.2, -0.15) is 13.2 Å². The van der Waals surface area contributed by atoms with Crippen LogP contribution < -0.4 is 22.1 Å². The summed E-state index contributed by atoms with van der Waals surface area (Å²) < 4.78 is 42.7. The molecule has 3 aromatic rings. The molecule has 6 N–H and O–H groups in total. The molecule has 38 heavy (non-hydrogen) atoms. The van der Waals surface area contributed by atoms with Gasteiger partial charge in [-0.25, -0.2) is 4.98 Å². The Kier molecular flexibility index (Phi) is 7.48. The standard InChI is InChI=1S/C28H27F3N6O/c1-17-3-4-20(13-19(17)5-6-21(32)7-12-26(33)35-22-8-9-22)27(38)36-23-10-11-25(24(14-23)28(29,30)31)37-15-18(2)34-16-37/h3-4,7,10-16,22,35H,8-9,32-33H2,1-2H3,(H,36,38)/b21-7-,26-12+. The Hall–Kier alpha value is -4.65. The first-order valence-corrected chi connectivity index (χ1v) is 11.9. The minimum Gasteiger partial charge on any atom is -0.392 e. The van der Waals surface area contributed by atoms with E-state index < -0.39 is 17.6 Å². The molecule has 1 amide bonds.